The van der Waals surface area contributed by atoms with E-state index in [2.05, 4.69) is 27.4 Å². The summed E-state index contributed by atoms with van der Waals surface area (Å²) in [4.78, 5) is 9.81. The maximum absolute atomic E-state index is 6.62. The van der Waals surface area contributed by atoms with E-state index in [1.54, 1.807) is 0 Å². The fraction of sp³-hybridized carbons (Fsp3) is 0.941. The molecule has 7 nitrogen and oxygen atoms in total. The van der Waals surface area contributed by atoms with E-state index in [1.807, 2.05) is 0 Å². The van der Waals surface area contributed by atoms with Crippen LogP contribution in [-0.4, -0.2) is 98.6 Å². The fourth-order valence-corrected chi connectivity index (χ4v) is 4.36. The maximum Gasteiger partial charge on any atom is 0.0585 e. The summed E-state index contributed by atoms with van der Waals surface area (Å²) in [5.74, 6) is 0. The smallest absolute Gasteiger partial charge is 0.0585 e. The zero-order chi connectivity index (χ0) is 17.0. The summed E-state index contributed by atoms with van der Waals surface area (Å²) in [5, 5.41) is 7.27. The Morgan fingerprint density at radius 1 is 1.21 bits per heavy atom. The van der Waals surface area contributed by atoms with Crippen molar-refractivity contribution in [1.29, 1.82) is 0 Å². The third-order valence-electron chi connectivity index (χ3n) is 5.70. The van der Waals surface area contributed by atoms with E-state index in [9.17, 15) is 0 Å². The average molecular weight is 338 g/mol. The molecule has 4 aliphatic rings. The third-order valence-corrected chi connectivity index (χ3v) is 5.70. The van der Waals surface area contributed by atoms with Gasteiger partial charge < -0.3 is 22.1 Å². The Kier molecular flexibility index (Phi) is 5.89. The Balaban J connectivity index is 1.71. The molecule has 0 amide bonds. The van der Waals surface area contributed by atoms with Crippen molar-refractivity contribution < 1.29 is 0 Å². The summed E-state index contributed by atoms with van der Waals surface area (Å²) in [6.45, 7) is 12.7. The summed E-state index contributed by atoms with van der Waals surface area (Å²) >= 11 is 0. The molecule has 3 saturated heterocycles. The fourth-order valence-electron chi connectivity index (χ4n) is 4.36. The molecule has 138 valence electrons. The van der Waals surface area contributed by atoms with Gasteiger partial charge in [-0.1, -0.05) is 6.92 Å². The molecule has 4 bridgehead atoms. The largest absolute Gasteiger partial charge is 0.329 e. The number of fused-ring (bicyclic) bond motifs is 7. The standard InChI is InChI=1S/C17H35N7/c1-2-22-17(10-18)12-20-4-3-15-9-16(19,11-21-15)13-23-5-7-24(14-17)8-6-23/h20,22H,2-14,18-19H2,1H3. The van der Waals surface area contributed by atoms with Crippen molar-refractivity contribution in [2.24, 2.45) is 16.5 Å². The monoisotopic (exact) mass is 337 g/mol. The van der Waals surface area contributed by atoms with Crippen LogP contribution in [0.4, 0.5) is 0 Å². The van der Waals surface area contributed by atoms with Crippen LogP contribution in [0.2, 0.25) is 0 Å². The predicted molar refractivity (Wildman–Crippen MR) is 99.7 cm³/mol. The number of nitrogens with two attached hydrogens (primary N) is 2. The molecule has 4 aliphatic heterocycles. The van der Waals surface area contributed by atoms with Crippen molar-refractivity contribution in [2.45, 2.75) is 30.8 Å². The van der Waals surface area contributed by atoms with E-state index in [4.69, 9.17) is 16.5 Å². The van der Waals surface area contributed by atoms with Gasteiger partial charge in [-0.2, -0.15) is 0 Å². The summed E-state index contributed by atoms with van der Waals surface area (Å²) in [7, 11) is 0. The topological polar surface area (TPSA) is 94.9 Å². The lowest BCUT2D eigenvalue weighted by Gasteiger charge is -2.43. The quantitative estimate of drug-likeness (QED) is 0.498. The Hall–Kier alpha value is -0.570. The highest BCUT2D eigenvalue weighted by molar-refractivity contribution is 5.87. The normalized spacial score (nSPS) is 41.0. The highest BCUT2D eigenvalue weighted by atomic mass is 15.3. The van der Waals surface area contributed by atoms with E-state index in [0.29, 0.717) is 6.54 Å². The van der Waals surface area contributed by atoms with Crippen LogP contribution in [0.1, 0.15) is 19.8 Å². The Morgan fingerprint density at radius 3 is 2.58 bits per heavy atom. The second-order valence-electron chi connectivity index (χ2n) is 7.92. The van der Waals surface area contributed by atoms with Gasteiger partial charge in [0, 0.05) is 71.0 Å². The van der Waals surface area contributed by atoms with Crippen LogP contribution in [0.3, 0.4) is 0 Å². The van der Waals surface area contributed by atoms with Gasteiger partial charge in [-0.15, -0.1) is 0 Å². The average Bonchev–Trinajstić information content (AvgIpc) is 2.94. The van der Waals surface area contributed by atoms with E-state index in [-0.39, 0.29) is 11.1 Å². The van der Waals surface area contributed by atoms with Crippen LogP contribution in [0.5, 0.6) is 0 Å². The second kappa shape index (κ2) is 7.76. The van der Waals surface area contributed by atoms with Crippen molar-refractivity contribution in [2.75, 3.05) is 72.0 Å². The molecular formula is C17H35N7. The molecule has 0 spiro atoms. The second-order valence-corrected chi connectivity index (χ2v) is 7.92. The van der Waals surface area contributed by atoms with Gasteiger partial charge >= 0.3 is 0 Å². The highest BCUT2D eigenvalue weighted by Gasteiger charge is 2.36. The minimum atomic E-state index is -0.146. The molecular weight excluding hydrogens is 302 g/mol. The first-order valence-electron chi connectivity index (χ1n) is 9.48. The summed E-state index contributed by atoms with van der Waals surface area (Å²) in [5.41, 5.74) is 13.9. The molecule has 2 atom stereocenters. The maximum atomic E-state index is 6.62. The summed E-state index contributed by atoms with van der Waals surface area (Å²) in [6.07, 6.45) is 1.94. The lowest BCUT2D eigenvalue weighted by Crippen LogP contribution is -2.65. The Morgan fingerprint density at radius 2 is 1.92 bits per heavy atom. The van der Waals surface area contributed by atoms with Crippen molar-refractivity contribution >= 4 is 5.71 Å². The molecule has 4 heterocycles. The molecule has 7 heteroatoms. The summed E-state index contributed by atoms with van der Waals surface area (Å²) in [6, 6.07) is 0. The van der Waals surface area contributed by atoms with Crippen molar-refractivity contribution in [3.8, 4) is 0 Å². The third kappa shape index (κ3) is 4.33. The van der Waals surface area contributed by atoms with Gasteiger partial charge in [0.15, 0.2) is 0 Å². The van der Waals surface area contributed by atoms with Crippen LogP contribution in [0, 0.1) is 0 Å². The summed E-state index contributed by atoms with van der Waals surface area (Å²) < 4.78 is 0. The van der Waals surface area contributed by atoms with E-state index in [1.165, 1.54) is 5.71 Å². The van der Waals surface area contributed by atoms with Crippen LogP contribution >= 0.6 is 0 Å². The number of likely N-dealkylation sites (N-methyl/N-ethyl adjacent to an activating group) is 1. The molecule has 0 aromatic heterocycles. The lowest BCUT2D eigenvalue weighted by molar-refractivity contribution is 0.0888. The van der Waals surface area contributed by atoms with Crippen molar-refractivity contribution in [1.82, 2.24) is 20.4 Å². The number of aliphatic imine (C=N–C) groups is 1. The van der Waals surface area contributed by atoms with Crippen LogP contribution in [0.15, 0.2) is 4.99 Å². The van der Waals surface area contributed by atoms with Crippen molar-refractivity contribution in [3.63, 3.8) is 0 Å². The van der Waals surface area contributed by atoms with Gasteiger partial charge in [0.05, 0.1) is 17.6 Å². The minimum Gasteiger partial charge on any atom is -0.329 e. The van der Waals surface area contributed by atoms with Gasteiger partial charge in [0.1, 0.15) is 0 Å². The lowest BCUT2D eigenvalue weighted by atomic mass is 9.94. The zero-order valence-electron chi connectivity index (χ0n) is 15.2. The van der Waals surface area contributed by atoms with E-state index < -0.39 is 0 Å². The number of rotatable bonds is 3. The van der Waals surface area contributed by atoms with Crippen LogP contribution in [0.25, 0.3) is 0 Å². The number of nitrogens with one attached hydrogen (secondary N) is 2. The van der Waals surface area contributed by atoms with E-state index in [0.717, 1.165) is 78.3 Å². The molecule has 2 unspecified atom stereocenters. The minimum absolute atomic E-state index is 0.0455. The Bertz CT molecular complexity index is 446. The van der Waals surface area contributed by atoms with Gasteiger partial charge in [-0.05, 0) is 13.0 Å². The zero-order valence-corrected chi connectivity index (χ0v) is 15.2. The first kappa shape index (κ1) is 18.2. The molecule has 24 heavy (non-hydrogen) atoms. The number of nitrogens with zero attached hydrogens (tertiary/aromatic N) is 3. The van der Waals surface area contributed by atoms with Crippen LogP contribution < -0.4 is 22.1 Å². The molecule has 3 fully saturated rings. The molecule has 4 rings (SSSR count). The van der Waals surface area contributed by atoms with E-state index >= 15 is 0 Å². The molecule has 0 radical (unpaired) electrons. The highest BCUT2D eigenvalue weighted by Crippen LogP contribution is 2.21. The van der Waals surface area contributed by atoms with Gasteiger partial charge in [-0.25, -0.2) is 0 Å². The van der Waals surface area contributed by atoms with Gasteiger partial charge in [0.25, 0.3) is 0 Å². The molecule has 0 aromatic rings. The number of piperazine rings is 1. The van der Waals surface area contributed by atoms with Crippen molar-refractivity contribution in [3.05, 3.63) is 0 Å². The first-order chi connectivity index (χ1) is 11.6. The SMILES string of the molecule is CCNC1(CN)CNCCC2=NCC(N)(C2)CN2CCN(CC2)C1. The molecule has 0 aromatic carbocycles. The molecule has 6 N–H and O–H groups in total. The molecule has 0 aliphatic carbocycles. The van der Waals surface area contributed by atoms with Gasteiger partial charge in [-0.3, -0.25) is 14.8 Å². The number of hydrogen-bond donors (Lipinski definition) is 4. The first-order valence-corrected chi connectivity index (χ1v) is 9.48. The van der Waals surface area contributed by atoms with Crippen LogP contribution in [-0.2, 0) is 0 Å². The predicted octanol–water partition coefficient (Wildman–Crippen LogP) is -1.55. The van der Waals surface area contributed by atoms with Gasteiger partial charge in [0.2, 0.25) is 0 Å². The Labute approximate surface area is 146 Å². The number of hydrogen-bond acceptors (Lipinski definition) is 7. The molecule has 0 saturated carbocycles.